The van der Waals surface area contributed by atoms with Crippen LogP contribution in [0, 0.1) is 0 Å². The van der Waals surface area contributed by atoms with Crippen LogP contribution in [0.1, 0.15) is 39.0 Å². The Labute approximate surface area is 172 Å². The molecule has 10 nitrogen and oxygen atoms in total. The zero-order chi connectivity index (χ0) is 20.6. The molecular weight excluding hydrogens is 392 g/mol. The van der Waals surface area contributed by atoms with Gasteiger partial charge in [-0.2, -0.15) is 5.10 Å². The van der Waals surface area contributed by atoms with Crippen LogP contribution < -0.4 is 21.9 Å². The summed E-state index contributed by atoms with van der Waals surface area (Å²) in [5.41, 5.74) is 5.16. The minimum atomic E-state index is -0.227. The second-order valence-electron chi connectivity index (χ2n) is 6.63. The fourth-order valence-corrected chi connectivity index (χ4v) is 3.51. The standard InChI is InChI=1S/C18H24N8O2S/c1-12(27)20-14-8-5-9-15(10-14)21-16(28)11-29-18-25-24-17(26(18)19)23-22-13-6-3-2-4-7-13/h5,8-10H,2-4,6-7,11,19H2,1H3,(H,20,27)(H,21,28)(H,23,24). The van der Waals surface area contributed by atoms with E-state index in [-0.39, 0.29) is 17.6 Å². The van der Waals surface area contributed by atoms with Crippen molar-refractivity contribution in [3.05, 3.63) is 24.3 Å². The molecule has 0 spiro atoms. The van der Waals surface area contributed by atoms with Gasteiger partial charge in [-0.25, -0.2) is 10.1 Å². The zero-order valence-corrected chi connectivity index (χ0v) is 17.0. The third kappa shape index (κ3) is 6.21. The van der Waals surface area contributed by atoms with Crippen molar-refractivity contribution in [3.8, 4) is 0 Å². The third-order valence-corrected chi connectivity index (χ3v) is 5.15. The third-order valence-electron chi connectivity index (χ3n) is 4.21. The number of anilines is 3. The number of thioether (sulfide) groups is 1. The topological polar surface area (TPSA) is 139 Å². The highest BCUT2D eigenvalue weighted by molar-refractivity contribution is 7.99. The van der Waals surface area contributed by atoms with Crippen molar-refractivity contribution in [1.29, 1.82) is 0 Å². The average Bonchev–Trinajstić information content (AvgIpc) is 3.05. The van der Waals surface area contributed by atoms with E-state index in [0.717, 1.165) is 31.4 Å². The van der Waals surface area contributed by atoms with E-state index < -0.39 is 0 Å². The Hall–Kier alpha value is -3.08. The van der Waals surface area contributed by atoms with Gasteiger partial charge in [0, 0.05) is 24.0 Å². The van der Waals surface area contributed by atoms with Gasteiger partial charge in [0.25, 0.3) is 5.95 Å². The molecule has 0 bridgehead atoms. The van der Waals surface area contributed by atoms with E-state index in [4.69, 9.17) is 5.84 Å². The van der Waals surface area contributed by atoms with Crippen LogP contribution in [0.25, 0.3) is 0 Å². The summed E-state index contributed by atoms with van der Waals surface area (Å²) in [7, 11) is 0. The fourth-order valence-electron chi connectivity index (χ4n) is 2.86. The summed E-state index contributed by atoms with van der Waals surface area (Å²) in [5.74, 6) is 6.02. The van der Waals surface area contributed by atoms with Gasteiger partial charge in [0.15, 0.2) is 0 Å². The number of hydrogen-bond donors (Lipinski definition) is 4. The first-order valence-corrected chi connectivity index (χ1v) is 10.3. The Morgan fingerprint density at radius 1 is 1.17 bits per heavy atom. The molecule has 0 unspecified atom stereocenters. The van der Waals surface area contributed by atoms with Gasteiger partial charge in [-0.05, 0) is 43.9 Å². The molecule has 1 aliphatic carbocycles. The molecule has 0 atom stereocenters. The number of hydrazone groups is 1. The van der Waals surface area contributed by atoms with E-state index in [1.165, 1.54) is 29.8 Å². The number of nitrogens with one attached hydrogen (secondary N) is 3. The first-order valence-electron chi connectivity index (χ1n) is 9.33. The molecule has 1 aliphatic rings. The van der Waals surface area contributed by atoms with E-state index in [2.05, 4.69) is 31.4 Å². The second-order valence-corrected chi connectivity index (χ2v) is 7.57. The summed E-state index contributed by atoms with van der Waals surface area (Å²) < 4.78 is 1.28. The number of carbonyl (C=O) groups excluding carboxylic acids is 2. The van der Waals surface area contributed by atoms with Crippen LogP contribution in [-0.2, 0) is 9.59 Å². The van der Waals surface area contributed by atoms with Crippen molar-refractivity contribution >= 4 is 46.6 Å². The van der Waals surface area contributed by atoms with E-state index in [1.54, 1.807) is 24.3 Å². The normalized spacial score (nSPS) is 13.6. The molecule has 2 aromatic rings. The number of nitrogen functional groups attached to an aromatic ring is 1. The van der Waals surface area contributed by atoms with Crippen molar-refractivity contribution < 1.29 is 9.59 Å². The molecule has 5 N–H and O–H groups in total. The number of rotatable bonds is 7. The zero-order valence-electron chi connectivity index (χ0n) is 16.1. The number of nitrogens with two attached hydrogens (primary N) is 1. The van der Waals surface area contributed by atoms with E-state index in [1.807, 2.05) is 0 Å². The summed E-state index contributed by atoms with van der Waals surface area (Å²) in [5, 5.41) is 18.2. The van der Waals surface area contributed by atoms with Crippen molar-refractivity contribution in [2.45, 2.75) is 44.2 Å². The van der Waals surface area contributed by atoms with Gasteiger partial charge in [0.2, 0.25) is 17.0 Å². The lowest BCUT2D eigenvalue weighted by molar-refractivity contribution is -0.114. The van der Waals surface area contributed by atoms with E-state index in [9.17, 15) is 9.59 Å². The minimum absolute atomic E-state index is 0.105. The maximum Gasteiger partial charge on any atom is 0.264 e. The molecule has 0 radical (unpaired) electrons. The van der Waals surface area contributed by atoms with E-state index in [0.29, 0.717) is 22.5 Å². The van der Waals surface area contributed by atoms with Gasteiger partial charge in [0.05, 0.1) is 5.75 Å². The number of benzene rings is 1. The van der Waals surface area contributed by atoms with Crippen molar-refractivity contribution in [2.24, 2.45) is 5.10 Å². The Morgan fingerprint density at radius 3 is 2.62 bits per heavy atom. The molecule has 1 aromatic heterocycles. The number of amides is 2. The van der Waals surface area contributed by atoms with Crippen molar-refractivity contribution in [1.82, 2.24) is 14.9 Å². The van der Waals surface area contributed by atoms with Crippen molar-refractivity contribution in [2.75, 3.05) is 27.7 Å². The van der Waals surface area contributed by atoms with Gasteiger partial charge in [-0.3, -0.25) is 9.59 Å². The van der Waals surface area contributed by atoms with Crippen LogP contribution in [0.3, 0.4) is 0 Å². The highest BCUT2D eigenvalue weighted by Crippen LogP contribution is 2.19. The van der Waals surface area contributed by atoms with Gasteiger partial charge >= 0.3 is 0 Å². The van der Waals surface area contributed by atoms with Gasteiger partial charge in [-0.1, -0.05) is 24.2 Å². The monoisotopic (exact) mass is 416 g/mol. The predicted molar refractivity (Wildman–Crippen MR) is 114 cm³/mol. The fraction of sp³-hybridized carbons (Fsp3) is 0.389. The van der Waals surface area contributed by atoms with Gasteiger partial charge < -0.3 is 16.5 Å². The summed E-state index contributed by atoms with van der Waals surface area (Å²) in [6, 6.07) is 6.91. The van der Waals surface area contributed by atoms with Crippen LogP contribution in [0.2, 0.25) is 0 Å². The molecular formula is C18H24N8O2S. The first-order chi connectivity index (χ1) is 14.0. The van der Waals surface area contributed by atoms with Crippen molar-refractivity contribution in [3.63, 3.8) is 0 Å². The number of carbonyl (C=O) groups is 2. The lowest BCUT2D eigenvalue weighted by atomic mass is 9.99. The van der Waals surface area contributed by atoms with Crippen LogP contribution in [-0.4, -0.2) is 38.2 Å². The van der Waals surface area contributed by atoms with Crippen LogP contribution in [0.4, 0.5) is 17.3 Å². The highest BCUT2D eigenvalue weighted by Gasteiger charge is 2.13. The first kappa shape index (κ1) is 20.6. The highest BCUT2D eigenvalue weighted by atomic mass is 32.2. The average molecular weight is 417 g/mol. The second kappa shape index (κ2) is 9.92. The molecule has 1 heterocycles. The molecule has 0 saturated heterocycles. The van der Waals surface area contributed by atoms with E-state index >= 15 is 0 Å². The van der Waals surface area contributed by atoms with Crippen LogP contribution in [0.15, 0.2) is 34.5 Å². The summed E-state index contributed by atoms with van der Waals surface area (Å²) >= 11 is 1.17. The largest absolute Gasteiger partial charge is 0.334 e. The molecule has 3 rings (SSSR count). The summed E-state index contributed by atoms with van der Waals surface area (Å²) in [6.45, 7) is 1.43. The molecule has 29 heavy (non-hydrogen) atoms. The van der Waals surface area contributed by atoms with Crippen LogP contribution >= 0.6 is 11.8 Å². The van der Waals surface area contributed by atoms with Gasteiger partial charge in [-0.15, -0.1) is 10.2 Å². The molecule has 2 amide bonds. The SMILES string of the molecule is CC(=O)Nc1cccc(NC(=O)CSc2nnc(NN=C3CCCCC3)n2N)c1. The Balaban J connectivity index is 1.51. The van der Waals surface area contributed by atoms with Crippen LogP contribution in [0.5, 0.6) is 0 Å². The lowest BCUT2D eigenvalue weighted by Gasteiger charge is -2.12. The lowest BCUT2D eigenvalue weighted by Crippen LogP contribution is -2.17. The number of nitrogens with zero attached hydrogens (tertiary/aromatic N) is 4. The molecule has 1 saturated carbocycles. The number of aromatic nitrogens is 3. The summed E-state index contributed by atoms with van der Waals surface area (Å²) in [6.07, 6.45) is 5.51. The maximum atomic E-state index is 12.2. The van der Waals surface area contributed by atoms with Gasteiger partial charge in [0.1, 0.15) is 0 Å². The molecule has 1 aromatic carbocycles. The molecule has 1 fully saturated rings. The molecule has 0 aliphatic heterocycles. The quantitative estimate of drug-likeness (QED) is 0.309. The summed E-state index contributed by atoms with van der Waals surface area (Å²) in [4.78, 5) is 23.3. The Bertz CT molecular complexity index is 903. The smallest absolute Gasteiger partial charge is 0.264 e. The molecule has 154 valence electrons. The Kier molecular flexibility index (Phi) is 7.06. The predicted octanol–water partition coefficient (Wildman–Crippen LogP) is 2.41. The maximum absolute atomic E-state index is 12.2. The Morgan fingerprint density at radius 2 is 1.90 bits per heavy atom. The molecule has 11 heteroatoms. The minimum Gasteiger partial charge on any atom is -0.334 e. The number of hydrogen-bond acceptors (Lipinski definition) is 8.